The van der Waals surface area contributed by atoms with Gasteiger partial charge in [-0.1, -0.05) is 44.2 Å². The molecule has 0 aliphatic heterocycles. The lowest BCUT2D eigenvalue weighted by Gasteiger charge is -2.23. The molecule has 2 aromatic carbocycles. The van der Waals surface area contributed by atoms with E-state index >= 15 is 0 Å². The Morgan fingerprint density at radius 1 is 1.00 bits per heavy atom. The first kappa shape index (κ1) is 15.1. The summed E-state index contributed by atoms with van der Waals surface area (Å²) in [4.78, 5) is 12.0. The van der Waals surface area contributed by atoms with Crippen LogP contribution in [0.1, 0.15) is 35.8 Å². The van der Waals surface area contributed by atoms with Crippen LogP contribution in [-0.2, 0) is 0 Å². The Balaban J connectivity index is 2.04. The molecule has 0 aliphatic carbocycles. The quantitative estimate of drug-likeness (QED) is 0.740. The summed E-state index contributed by atoms with van der Waals surface area (Å²) in [6.45, 7) is 4.14. The minimum absolute atomic E-state index is 0.0294. The number of hydrazine groups is 1. The fourth-order valence-electron chi connectivity index (χ4n) is 2.12. The molecule has 0 aromatic heterocycles. The first-order valence-corrected chi connectivity index (χ1v) is 6.98. The van der Waals surface area contributed by atoms with Crippen molar-refractivity contribution in [3.63, 3.8) is 0 Å². The third-order valence-corrected chi connectivity index (χ3v) is 3.30. The molecule has 0 aliphatic rings. The fraction of sp³-hybridized carbons (Fsp3) is 0.235. The highest BCUT2D eigenvalue weighted by Crippen LogP contribution is 2.22. The monoisotopic (exact) mass is 284 g/mol. The van der Waals surface area contributed by atoms with Gasteiger partial charge in [-0.3, -0.25) is 10.2 Å². The Morgan fingerprint density at radius 2 is 1.62 bits per heavy atom. The second-order valence-corrected chi connectivity index (χ2v) is 5.28. The number of carbonyl (C=O) groups is 1. The van der Waals surface area contributed by atoms with Gasteiger partial charge in [-0.2, -0.15) is 0 Å². The zero-order valence-corrected chi connectivity index (χ0v) is 12.2. The van der Waals surface area contributed by atoms with Gasteiger partial charge in [0.25, 0.3) is 5.91 Å². The van der Waals surface area contributed by atoms with Crippen LogP contribution in [0.5, 0.6) is 5.75 Å². The van der Waals surface area contributed by atoms with Gasteiger partial charge in [0, 0.05) is 5.56 Å². The third kappa shape index (κ3) is 4.07. The van der Waals surface area contributed by atoms with E-state index in [0.29, 0.717) is 5.56 Å². The summed E-state index contributed by atoms with van der Waals surface area (Å²) in [5, 5.41) is 9.35. The summed E-state index contributed by atoms with van der Waals surface area (Å²) in [5.74, 6) is 0.347. The van der Waals surface area contributed by atoms with E-state index in [1.807, 2.05) is 30.3 Å². The van der Waals surface area contributed by atoms with Crippen molar-refractivity contribution in [2.45, 2.75) is 19.9 Å². The smallest absolute Gasteiger partial charge is 0.265 e. The van der Waals surface area contributed by atoms with Crippen molar-refractivity contribution < 1.29 is 9.90 Å². The summed E-state index contributed by atoms with van der Waals surface area (Å²) in [7, 11) is 0. The molecule has 0 spiro atoms. The molecule has 4 heteroatoms. The second kappa shape index (κ2) is 6.90. The number of amides is 1. The van der Waals surface area contributed by atoms with Crippen LogP contribution in [-0.4, -0.2) is 11.0 Å². The van der Waals surface area contributed by atoms with E-state index < -0.39 is 0 Å². The Morgan fingerprint density at radius 3 is 2.19 bits per heavy atom. The Bertz CT molecular complexity index is 579. The fourth-order valence-corrected chi connectivity index (χ4v) is 2.12. The number of nitrogens with one attached hydrogen (secondary N) is 2. The molecule has 0 saturated heterocycles. The Labute approximate surface area is 124 Å². The Kier molecular flexibility index (Phi) is 4.95. The van der Waals surface area contributed by atoms with Crippen molar-refractivity contribution in [1.29, 1.82) is 0 Å². The van der Waals surface area contributed by atoms with Crippen LogP contribution in [0.3, 0.4) is 0 Å². The third-order valence-electron chi connectivity index (χ3n) is 3.30. The molecule has 0 bridgehead atoms. The Hall–Kier alpha value is -2.33. The van der Waals surface area contributed by atoms with Crippen molar-refractivity contribution in [2.75, 3.05) is 0 Å². The van der Waals surface area contributed by atoms with Crippen LogP contribution in [0.2, 0.25) is 0 Å². The number of phenols is 1. The van der Waals surface area contributed by atoms with E-state index in [0.717, 1.165) is 5.56 Å². The topological polar surface area (TPSA) is 61.4 Å². The van der Waals surface area contributed by atoms with E-state index in [4.69, 9.17) is 0 Å². The zero-order chi connectivity index (χ0) is 15.2. The van der Waals surface area contributed by atoms with E-state index in [9.17, 15) is 9.90 Å². The average Bonchev–Trinajstić information content (AvgIpc) is 2.49. The summed E-state index contributed by atoms with van der Waals surface area (Å²) in [6.07, 6.45) is 0. The van der Waals surface area contributed by atoms with Crippen LogP contribution < -0.4 is 10.9 Å². The van der Waals surface area contributed by atoms with E-state index in [2.05, 4.69) is 24.7 Å². The minimum atomic E-state index is -0.167. The van der Waals surface area contributed by atoms with Crippen LogP contribution >= 0.6 is 0 Å². The second-order valence-electron chi connectivity index (χ2n) is 5.28. The van der Waals surface area contributed by atoms with E-state index in [1.165, 1.54) is 0 Å². The minimum Gasteiger partial charge on any atom is -0.508 e. The molecule has 0 saturated carbocycles. The van der Waals surface area contributed by atoms with Crippen molar-refractivity contribution in [3.05, 3.63) is 65.7 Å². The maximum atomic E-state index is 12.0. The number of hydrogen-bond donors (Lipinski definition) is 3. The number of carbonyl (C=O) groups excluding carboxylic acids is 1. The summed E-state index contributed by atoms with van der Waals surface area (Å²) in [6, 6.07) is 16.0. The summed E-state index contributed by atoms with van der Waals surface area (Å²) >= 11 is 0. The largest absolute Gasteiger partial charge is 0.508 e. The van der Waals surface area contributed by atoms with Gasteiger partial charge in [0.1, 0.15) is 5.75 Å². The average molecular weight is 284 g/mol. The first-order valence-electron chi connectivity index (χ1n) is 6.98. The van der Waals surface area contributed by atoms with Gasteiger partial charge in [-0.05, 0) is 35.7 Å². The van der Waals surface area contributed by atoms with E-state index in [1.54, 1.807) is 24.3 Å². The van der Waals surface area contributed by atoms with Gasteiger partial charge in [0.05, 0.1) is 6.04 Å². The van der Waals surface area contributed by atoms with Crippen LogP contribution in [0.15, 0.2) is 54.6 Å². The number of benzene rings is 2. The molecular formula is C17H20N2O2. The van der Waals surface area contributed by atoms with Gasteiger partial charge < -0.3 is 5.11 Å². The molecule has 0 radical (unpaired) electrons. The molecule has 2 aromatic rings. The molecule has 2 rings (SSSR count). The predicted octanol–water partition coefficient (Wildman–Crippen LogP) is 3.02. The molecule has 110 valence electrons. The molecule has 3 N–H and O–H groups in total. The first-order chi connectivity index (χ1) is 10.1. The number of hydrogen-bond acceptors (Lipinski definition) is 3. The lowest BCUT2D eigenvalue weighted by Crippen LogP contribution is -2.41. The molecule has 21 heavy (non-hydrogen) atoms. The molecule has 1 atom stereocenters. The van der Waals surface area contributed by atoms with Gasteiger partial charge in [0.2, 0.25) is 0 Å². The molecular weight excluding hydrogens is 264 g/mol. The highest BCUT2D eigenvalue weighted by atomic mass is 16.3. The molecule has 0 heterocycles. The predicted molar refractivity (Wildman–Crippen MR) is 82.7 cm³/mol. The normalized spacial score (nSPS) is 12.1. The van der Waals surface area contributed by atoms with Gasteiger partial charge in [0.15, 0.2) is 0 Å². The van der Waals surface area contributed by atoms with Gasteiger partial charge in [-0.15, -0.1) is 0 Å². The van der Waals surface area contributed by atoms with Crippen LogP contribution in [0, 0.1) is 5.92 Å². The van der Waals surface area contributed by atoms with Crippen molar-refractivity contribution >= 4 is 5.91 Å². The SMILES string of the molecule is CC(C)[C@H](NNC(=O)c1ccccc1)c1ccc(O)cc1. The lowest BCUT2D eigenvalue weighted by molar-refractivity contribution is 0.0919. The molecule has 0 unspecified atom stereocenters. The van der Waals surface area contributed by atoms with Crippen molar-refractivity contribution in [3.8, 4) is 5.75 Å². The lowest BCUT2D eigenvalue weighted by atomic mass is 9.97. The molecule has 1 amide bonds. The van der Waals surface area contributed by atoms with Crippen LogP contribution in [0.25, 0.3) is 0 Å². The van der Waals surface area contributed by atoms with Gasteiger partial charge >= 0.3 is 0 Å². The summed E-state index contributed by atoms with van der Waals surface area (Å²) < 4.78 is 0. The number of phenolic OH excluding ortho intramolecular Hbond substituents is 1. The maximum absolute atomic E-state index is 12.0. The number of aromatic hydroxyl groups is 1. The summed E-state index contributed by atoms with van der Waals surface area (Å²) in [5.41, 5.74) is 7.43. The van der Waals surface area contributed by atoms with Gasteiger partial charge in [-0.25, -0.2) is 5.43 Å². The zero-order valence-electron chi connectivity index (χ0n) is 12.2. The van der Waals surface area contributed by atoms with Crippen molar-refractivity contribution in [2.24, 2.45) is 5.92 Å². The maximum Gasteiger partial charge on any atom is 0.265 e. The molecule has 0 fully saturated rings. The van der Waals surface area contributed by atoms with Crippen LogP contribution in [0.4, 0.5) is 0 Å². The molecule has 4 nitrogen and oxygen atoms in total. The van der Waals surface area contributed by atoms with E-state index in [-0.39, 0.29) is 23.6 Å². The van der Waals surface area contributed by atoms with Crippen molar-refractivity contribution in [1.82, 2.24) is 10.9 Å². The highest BCUT2D eigenvalue weighted by molar-refractivity contribution is 5.93. The number of rotatable bonds is 5. The highest BCUT2D eigenvalue weighted by Gasteiger charge is 2.16. The standard InChI is InChI=1S/C17H20N2O2/c1-12(2)16(13-8-10-15(20)11-9-13)18-19-17(21)14-6-4-3-5-7-14/h3-12,16,18,20H,1-2H3,(H,19,21)/t16-/m0/s1.